The van der Waals surface area contributed by atoms with Crippen molar-refractivity contribution in [3.8, 4) is 0 Å². The van der Waals surface area contributed by atoms with Crippen molar-refractivity contribution in [2.24, 2.45) is 0 Å². The van der Waals surface area contributed by atoms with Crippen LogP contribution in [-0.2, 0) is 14.3 Å². The fraction of sp³-hybridized carbons (Fsp3) is 0.750. The minimum atomic E-state index is -2.11. The smallest absolute Gasteiger partial charge is 0.377 e. The van der Waals surface area contributed by atoms with Gasteiger partial charge in [0.25, 0.3) is 5.78 Å². The Labute approximate surface area is 85.9 Å². The number of carbonyl (C=O) groups is 2. The van der Waals surface area contributed by atoms with E-state index in [9.17, 15) is 9.59 Å². The normalized spacial score (nSPS) is 16.6. The lowest BCUT2D eigenvalue weighted by Crippen LogP contribution is -2.46. The predicted molar refractivity (Wildman–Crippen MR) is 46.7 cm³/mol. The predicted octanol–water partition coefficient (Wildman–Crippen LogP) is -2.81. The van der Waals surface area contributed by atoms with E-state index in [1.54, 1.807) is 0 Å². The van der Waals surface area contributed by atoms with Crippen LogP contribution in [0.4, 0.5) is 0 Å². The number of rotatable bonds is 6. The lowest BCUT2D eigenvalue weighted by atomic mass is 10.1. The molecule has 0 saturated heterocycles. The van der Waals surface area contributed by atoms with Crippen molar-refractivity contribution in [3.63, 3.8) is 0 Å². The highest BCUT2D eigenvalue weighted by Gasteiger charge is 2.34. The number of aliphatic hydroxyl groups is 4. The number of hydrogen-bond acceptors (Lipinski definition) is 7. The number of esters is 1. The topological polar surface area (TPSA) is 124 Å². The molecule has 0 amide bonds. The maximum absolute atomic E-state index is 11.0. The summed E-state index contributed by atoms with van der Waals surface area (Å²) in [5, 5.41) is 35.5. The molecular weight excluding hydrogens is 208 g/mol. The average Bonchev–Trinajstić information content (AvgIpc) is 2.25. The number of Topliss-reactive ketones (excluding diaryl/α,β-unsaturated/α-hetero) is 1. The highest BCUT2D eigenvalue weighted by molar-refractivity contribution is 6.35. The van der Waals surface area contributed by atoms with Crippen molar-refractivity contribution in [3.05, 3.63) is 0 Å². The first-order chi connectivity index (χ1) is 6.95. The Balaban J connectivity index is 4.37. The van der Waals surface area contributed by atoms with Crippen LogP contribution in [0.25, 0.3) is 0 Å². The molecule has 0 heterocycles. The molecular formula is C8H14O7. The van der Waals surface area contributed by atoms with Crippen molar-refractivity contribution in [2.45, 2.75) is 25.2 Å². The summed E-state index contributed by atoms with van der Waals surface area (Å²) >= 11 is 0. The highest BCUT2D eigenvalue weighted by atomic mass is 16.5. The third-order valence-electron chi connectivity index (χ3n) is 1.65. The molecule has 0 bridgehead atoms. The zero-order valence-electron chi connectivity index (χ0n) is 8.16. The lowest BCUT2D eigenvalue weighted by molar-refractivity contribution is -0.163. The second-order valence-electron chi connectivity index (χ2n) is 2.77. The van der Waals surface area contributed by atoms with Crippen molar-refractivity contribution in [1.29, 1.82) is 0 Å². The Kier molecular flexibility index (Phi) is 6.02. The van der Waals surface area contributed by atoms with Crippen LogP contribution in [0.2, 0.25) is 0 Å². The molecule has 0 aliphatic heterocycles. The molecule has 4 N–H and O–H groups in total. The summed E-state index contributed by atoms with van der Waals surface area (Å²) < 4.78 is 4.28. The molecule has 0 radical (unpaired) electrons. The van der Waals surface area contributed by atoms with E-state index >= 15 is 0 Å². The molecule has 0 aromatic carbocycles. The van der Waals surface area contributed by atoms with E-state index < -0.39 is 36.7 Å². The van der Waals surface area contributed by atoms with Crippen LogP contribution in [0.1, 0.15) is 6.92 Å². The Morgan fingerprint density at radius 3 is 2.20 bits per heavy atom. The summed E-state index contributed by atoms with van der Waals surface area (Å²) in [5.74, 6) is -2.66. The minimum Gasteiger partial charge on any atom is -0.460 e. The van der Waals surface area contributed by atoms with Gasteiger partial charge in [-0.2, -0.15) is 0 Å². The fourth-order valence-electron chi connectivity index (χ4n) is 0.796. The van der Waals surface area contributed by atoms with Crippen LogP contribution < -0.4 is 0 Å². The standard InChI is InChI=1S/C8H14O7/c1-2-15-8(14)7(13)6(12)5(11)4(10)3-9/h4-6,9-12H,2-3H2,1H3/t4-,5-,6+/m0/s1. The zero-order chi connectivity index (χ0) is 12.0. The molecule has 7 nitrogen and oxygen atoms in total. The molecule has 0 aliphatic rings. The first-order valence-corrected chi connectivity index (χ1v) is 4.31. The van der Waals surface area contributed by atoms with Crippen LogP contribution in [0.5, 0.6) is 0 Å². The first-order valence-electron chi connectivity index (χ1n) is 4.31. The van der Waals surface area contributed by atoms with Crippen LogP contribution in [0.3, 0.4) is 0 Å². The molecule has 0 rings (SSSR count). The van der Waals surface area contributed by atoms with Gasteiger partial charge in [0.1, 0.15) is 12.2 Å². The van der Waals surface area contributed by atoms with Gasteiger partial charge in [0.15, 0.2) is 6.10 Å². The molecule has 15 heavy (non-hydrogen) atoms. The van der Waals surface area contributed by atoms with E-state index in [1.165, 1.54) is 6.92 Å². The average molecular weight is 222 g/mol. The van der Waals surface area contributed by atoms with E-state index in [0.717, 1.165) is 0 Å². The first kappa shape index (κ1) is 14.0. The van der Waals surface area contributed by atoms with E-state index in [1.807, 2.05) is 0 Å². The molecule has 3 atom stereocenters. The maximum atomic E-state index is 11.0. The van der Waals surface area contributed by atoms with Gasteiger partial charge in [-0.15, -0.1) is 0 Å². The maximum Gasteiger partial charge on any atom is 0.377 e. The largest absolute Gasteiger partial charge is 0.460 e. The molecule has 0 saturated carbocycles. The van der Waals surface area contributed by atoms with E-state index in [-0.39, 0.29) is 6.61 Å². The third-order valence-corrected chi connectivity index (χ3v) is 1.65. The summed E-state index contributed by atoms with van der Waals surface area (Å²) in [7, 11) is 0. The van der Waals surface area contributed by atoms with Gasteiger partial charge in [-0.25, -0.2) is 4.79 Å². The van der Waals surface area contributed by atoms with Gasteiger partial charge in [-0.3, -0.25) is 4.79 Å². The van der Waals surface area contributed by atoms with Crippen LogP contribution >= 0.6 is 0 Å². The Bertz CT molecular complexity index is 227. The lowest BCUT2D eigenvalue weighted by Gasteiger charge is -2.19. The summed E-state index contributed by atoms with van der Waals surface area (Å²) in [6, 6.07) is 0. The van der Waals surface area contributed by atoms with E-state index in [2.05, 4.69) is 4.74 Å². The molecule has 0 spiro atoms. The van der Waals surface area contributed by atoms with Crippen LogP contribution in [0, 0.1) is 0 Å². The molecule has 0 fully saturated rings. The molecule has 0 aromatic rings. The summed E-state index contributed by atoms with van der Waals surface area (Å²) in [5.41, 5.74) is 0. The van der Waals surface area contributed by atoms with E-state index in [0.29, 0.717) is 0 Å². The van der Waals surface area contributed by atoms with Gasteiger partial charge >= 0.3 is 5.97 Å². The summed E-state index contributed by atoms with van der Waals surface area (Å²) in [4.78, 5) is 21.8. The van der Waals surface area contributed by atoms with Gasteiger partial charge in [0, 0.05) is 0 Å². The fourth-order valence-corrected chi connectivity index (χ4v) is 0.796. The summed E-state index contributed by atoms with van der Waals surface area (Å²) in [6.07, 6.45) is -5.73. The van der Waals surface area contributed by atoms with Crippen LogP contribution in [-0.4, -0.2) is 63.7 Å². The Morgan fingerprint density at radius 1 is 1.27 bits per heavy atom. The number of carbonyl (C=O) groups excluding carboxylic acids is 2. The van der Waals surface area contributed by atoms with Crippen LogP contribution in [0.15, 0.2) is 0 Å². The molecule has 0 unspecified atom stereocenters. The number of ketones is 1. The van der Waals surface area contributed by atoms with Gasteiger partial charge in [0.05, 0.1) is 13.2 Å². The molecule has 88 valence electrons. The number of ether oxygens (including phenoxy) is 1. The SMILES string of the molecule is CCOC(=O)C(=O)[C@H](O)[C@@H](O)[C@@H](O)CO. The van der Waals surface area contributed by atoms with Crippen molar-refractivity contribution < 1.29 is 34.8 Å². The third kappa shape index (κ3) is 3.92. The molecule has 0 aromatic heterocycles. The monoisotopic (exact) mass is 222 g/mol. The number of hydrogen-bond donors (Lipinski definition) is 4. The second-order valence-corrected chi connectivity index (χ2v) is 2.77. The molecule has 0 aliphatic carbocycles. The van der Waals surface area contributed by atoms with Crippen molar-refractivity contribution in [1.82, 2.24) is 0 Å². The van der Waals surface area contributed by atoms with Gasteiger partial charge in [-0.1, -0.05) is 0 Å². The van der Waals surface area contributed by atoms with Crippen molar-refractivity contribution in [2.75, 3.05) is 13.2 Å². The van der Waals surface area contributed by atoms with Gasteiger partial charge < -0.3 is 25.2 Å². The Hall–Kier alpha value is -1.02. The molecule has 7 heteroatoms. The summed E-state index contributed by atoms with van der Waals surface area (Å²) in [6.45, 7) is 0.584. The van der Waals surface area contributed by atoms with Gasteiger partial charge in [0.2, 0.25) is 0 Å². The van der Waals surface area contributed by atoms with Crippen molar-refractivity contribution >= 4 is 11.8 Å². The Morgan fingerprint density at radius 2 is 1.80 bits per heavy atom. The zero-order valence-corrected chi connectivity index (χ0v) is 8.16. The quantitative estimate of drug-likeness (QED) is 0.282. The highest BCUT2D eigenvalue weighted by Crippen LogP contribution is 2.02. The number of aliphatic hydroxyl groups excluding tert-OH is 4. The van der Waals surface area contributed by atoms with E-state index in [4.69, 9.17) is 20.4 Å². The van der Waals surface area contributed by atoms with Gasteiger partial charge in [-0.05, 0) is 6.92 Å². The minimum absolute atomic E-state index is 0.0457. The second kappa shape index (κ2) is 6.46.